The molecule has 362 valence electrons. The maximum atomic E-state index is 15.5. The van der Waals surface area contributed by atoms with Crippen LogP contribution in [0.3, 0.4) is 0 Å². The predicted molar refractivity (Wildman–Crippen MR) is 266 cm³/mol. The van der Waals surface area contributed by atoms with E-state index in [1.165, 1.54) is 11.6 Å². The van der Waals surface area contributed by atoms with Crippen molar-refractivity contribution in [3.63, 3.8) is 0 Å². The number of morpholine rings is 1. The maximum absolute atomic E-state index is 15.5. The third-order valence-electron chi connectivity index (χ3n) is 14.3. The second kappa shape index (κ2) is 20.9. The number of benzene rings is 4. The lowest BCUT2D eigenvalue weighted by Gasteiger charge is -2.37. The largest absolute Gasteiger partial charge is 0.492 e. The molecule has 2 aromatic heterocycles. The fourth-order valence-corrected chi connectivity index (χ4v) is 10.0. The SMILES string of the molecule is CCOCC1Cc2ccccc2CN1C(=O)c1cc2c(cc1-c1cc(C(=O)N(c3ccccc3)c3cc(C#N)n(C)c3C)c(C)n1C)CCN(C(=O)Cc1ccc(OCCN3CCOCC3)cc1F)C2. The van der Waals surface area contributed by atoms with E-state index in [1.807, 2.05) is 98.9 Å². The van der Waals surface area contributed by atoms with Gasteiger partial charge in [-0.15, -0.1) is 0 Å². The van der Waals surface area contributed by atoms with Crippen molar-refractivity contribution in [1.29, 1.82) is 5.26 Å². The zero-order valence-corrected chi connectivity index (χ0v) is 40.7. The van der Waals surface area contributed by atoms with E-state index in [2.05, 4.69) is 29.2 Å². The number of anilines is 2. The number of carbonyl (C=O) groups excluding carboxylic acids is 3. The number of halogens is 1. The van der Waals surface area contributed by atoms with Crippen LogP contribution in [0.2, 0.25) is 0 Å². The highest BCUT2D eigenvalue weighted by molar-refractivity contribution is 6.13. The fourth-order valence-electron chi connectivity index (χ4n) is 10.0. The quantitative estimate of drug-likeness (QED) is 0.107. The predicted octanol–water partition coefficient (Wildman–Crippen LogP) is 8.08. The molecule has 3 aliphatic heterocycles. The summed E-state index contributed by atoms with van der Waals surface area (Å²) in [6.07, 6.45) is 1.02. The van der Waals surface area contributed by atoms with Crippen molar-refractivity contribution in [3.8, 4) is 23.1 Å². The second-order valence-electron chi connectivity index (χ2n) is 18.4. The van der Waals surface area contributed by atoms with Crippen molar-refractivity contribution >= 4 is 29.1 Å². The van der Waals surface area contributed by atoms with Crippen molar-refractivity contribution in [1.82, 2.24) is 23.8 Å². The van der Waals surface area contributed by atoms with Crippen LogP contribution in [-0.2, 0) is 60.7 Å². The fraction of sp³-hybridized carbons (Fsp3) is 0.357. The summed E-state index contributed by atoms with van der Waals surface area (Å²) in [5, 5.41) is 9.95. The number of ether oxygens (including phenoxy) is 3. The molecule has 9 rings (SSSR count). The summed E-state index contributed by atoms with van der Waals surface area (Å²) < 4.78 is 36.6. The molecule has 6 aromatic rings. The van der Waals surface area contributed by atoms with Crippen LogP contribution in [0.15, 0.2) is 97.1 Å². The first-order chi connectivity index (χ1) is 33.9. The van der Waals surface area contributed by atoms with E-state index < -0.39 is 5.82 Å². The maximum Gasteiger partial charge on any atom is 0.264 e. The highest BCUT2D eigenvalue weighted by Gasteiger charge is 2.35. The summed E-state index contributed by atoms with van der Waals surface area (Å²) >= 11 is 0. The molecule has 0 N–H and O–H groups in total. The molecule has 1 atom stereocenters. The Morgan fingerprint density at radius 2 is 1.59 bits per heavy atom. The number of hydrogen-bond donors (Lipinski definition) is 0. The van der Waals surface area contributed by atoms with Crippen molar-refractivity contribution < 1.29 is 33.0 Å². The lowest BCUT2D eigenvalue weighted by molar-refractivity contribution is -0.131. The van der Waals surface area contributed by atoms with E-state index in [0.717, 1.165) is 42.0 Å². The van der Waals surface area contributed by atoms with Crippen LogP contribution in [0.25, 0.3) is 11.3 Å². The van der Waals surface area contributed by atoms with Gasteiger partial charge in [0.25, 0.3) is 11.8 Å². The monoisotopic (exact) mass is 945 g/mol. The molecule has 1 fully saturated rings. The summed E-state index contributed by atoms with van der Waals surface area (Å²) in [6, 6.07) is 31.8. The van der Waals surface area contributed by atoms with E-state index in [-0.39, 0.29) is 42.3 Å². The molecule has 5 heterocycles. The Morgan fingerprint density at radius 3 is 2.31 bits per heavy atom. The normalized spacial score (nSPS) is 15.8. The van der Waals surface area contributed by atoms with Gasteiger partial charge in [0.15, 0.2) is 0 Å². The smallest absolute Gasteiger partial charge is 0.264 e. The van der Waals surface area contributed by atoms with Gasteiger partial charge in [-0.3, -0.25) is 24.2 Å². The van der Waals surface area contributed by atoms with E-state index in [1.54, 1.807) is 32.6 Å². The first-order valence-electron chi connectivity index (χ1n) is 24.2. The third-order valence-corrected chi connectivity index (χ3v) is 14.3. The second-order valence-corrected chi connectivity index (χ2v) is 18.4. The number of hydrogen-bond acceptors (Lipinski definition) is 8. The highest BCUT2D eigenvalue weighted by Crippen LogP contribution is 2.38. The third kappa shape index (κ3) is 9.74. The molecular formula is C56H60FN7O6. The zero-order valence-electron chi connectivity index (χ0n) is 40.7. The standard InChI is InChI=1S/C56H60FN7O6/c1-6-68-36-46-26-39-12-10-11-13-42(39)35-63(46)55(66)50-28-43-34-62(54(65)29-41-16-17-47(31-51(41)57)70-25-22-61-20-23-69-24-21-61)19-18-40(43)27-49(50)53-32-48(37(2)60(53)5)56(67)64(44-14-8-7-9-15-44)52-30-45(33-58)59(4)38(52)3/h7-17,27-28,30-32,46H,6,18-26,29,34-36H2,1-5H3. The molecule has 14 heteroatoms. The Kier molecular flexibility index (Phi) is 14.3. The molecule has 0 saturated carbocycles. The number of nitrogens with zero attached hydrogens (tertiary/aromatic N) is 7. The molecule has 1 saturated heterocycles. The van der Waals surface area contributed by atoms with Gasteiger partial charge in [-0.05, 0) is 104 Å². The highest BCUT2D eigenvalue weighted by atomic mass is 19.1. The van der Waals surface area contributed by atoms with Gasteiger partial charge in [0.1, 0.15) is 29.9 Å². The summed E-state index contributed by atoms with van der Waals surface area (Å²) in [4.78, 5) is 52.1. The van der Waals surface area contributed by atoms with Gasteiger partial charge in [0.05, 0.1) is 43.5 Å². The number of nitriles is 1. The van der Waals surface area contributed by atoms with Gasteiger partial charge < -0.3 is 33.1 Å². The first kappa shape index (κ1) is 48.0. The average molecular weight is 946 g/mol. The molecule has 70 heavy (non-hydrogen) atoms. The number of aromatic nitrogens is 2. The van der Waals surface area contributed by atoms with E-state index >= 15 is 14.0 Å². The molecule has 0 bridgehead atoms. The van der Waals surface area contributed by atoms with E-state index in [9.17, 15) is 10.1 Å². The van der Waals surface area contributed by atoms with Gasteiger partial charge in [0, 0.05) is 99.9 Å². The lowest BCUT2D eigenvalue weighted by Crippen LogP contribution is -2.47. The Balaban J connectivity index is 1.05. The molecule has 3 aliphatic rings. The number of para-hydroxylation sites is 1. The van der Waals surface area contributed by atoms with Crippen molar-refractivity contribution in [2.24, 2.45) is 14.1 Å². The van der Waals surface area contributed by atoms with Crippen LogP contribution in [-0.4, -0.2) is 107 Å². The van der Waals surface area contributed by atoms with Gasteiger partial charge >= 0.3 is 0 Å². The minimum atomic E-state index is -0.495. The molecule has 3 amide bonds. The average Bonchev–Trinajstić information content (AvgIpc) is 3.84. The number of carbonyl (C=O) groups is 3. The molecule has 1 unspecified atom stereocenters. The molecule has 4 aromatic carbocycles. The van der Waals surface area contributed by atoms with Gasteiger partial charge in [-0.1, -0.05) is 48.5 Å². The Morgan fingerprint density at radius 1 is 0.829 bits per heavy atom. The van der Waals surface area contributed by atoms with Crippen LogP contribution in [0.4, 0.5) is 15.8 Å². The van der Waals surface area contributed by atoms with E-state index in [4.69, 9.17) is 14.2 Å². The summed E-state index contributed by atoms with van der Waals surface area (Å²) in [5.41, 5.74) is 9.72. The minimum absolute atomic E-state index is 0.120. The van der Waals surface area contributed by atoms with Crippen molar-refractivity contribution in [3.05, 3.63) is 159 Å². The van der Waals surface area contributed by atoms with Gasteiger partial charge in [0.2, 0.25) is 5.91 Å². The van der Waals surface area contributed by atoms with Crippen LogP contribution >= 0.6 is 0 Å². The number of fused-ring (bicyclic) bond motifs is 2. The summed E-state index contributed by atoms with van der Waals surface area (Å²) in [5.74, 6) is -0.759. The Labute approximate surface area is 409 Å². The molecule has 0 radical (unpaired) electrons. The number of amides is 3. The van der Waals surface area contributed by atoms with Gasteiger partial charge in [-0.25, -0.2) is 4.39 Å². The molecule has 0 spiro atoms. The Bertz CT molecular complexity index is 2970. The van der Waals surface area contributed by atoms with Crippen LogP contribution in [0.5, 0.6) is 5.75 Å². The molecular weight excluding hydrogens is 886 g/mol. The van der Waals surface area contributed by atoms with Crippen LogP contribution in [0, 0.1) is 31.0 Å². The van der Waals surface area contributed by atoms with Crippen molar-refractivity contribution in [2.45, 2.75) is 59.2 Å². The molecule has 0 aliphatic carbocycles. The minimum Gasteiger partial charge on any atom is -0.492 e. The topological polar surface area (TPSA) is 126 Å². The summed E-state index contributed by atoms with van der Waals surface area (Å²) in [7, 11) is 3.71. The van der Waals surface area contributed by atoms with E-state index in [0.29, 0.717) is 110 Å². The number of rotatable bonds is 14. The van der Waals surface area contributed by atoms with Gasteiger partial charge in [-0.2, -0.15) is 5.26 Å². The zero-order chi connectivity index (χ0) is 49.1. The van der Waals surface area contributed by atoms with Crippen LogP contribution < -0.4 is 9.64 Å². The Hall–Kier alpha value is -7.05. The lowest BCUT2D eigenvalue weighted by atomic mass is 9.89. The van der Waals surface area contributed by atoms with Crippen molar-refractivity contribution in [2.75, 3.05) is 64.1 Å². The summed E-state index contributed by atoms with van der Waals surface area (Å²) in [6.45, 7) is 11.8. The molecule has 13 nitrogen and oxygen atoms in total. The van der Waals surface area contributed by atoms with Crippen LogP contribution in [0.1, 0.15) is 72.5 Å². The first-order valence-corrected chi connectivity index (χ1v) is 24.2.